The second kappa shape index (κ2) is 5.78. The highest BCUT2D eigenvalue weighted by Crippen LogP contribution is 2.40. The van der Waals surface area contributed by atoms with Gasteiger partial charge in [0, 0.05) is 16.0 Å². The van der Waals surface area contributed by atoms with Crippen molar-refractivity contribution in [2.75, 3.05) is 0 Å². The van der Waals surface area contributed by atoms with Crippen LogP contribution in [0.15, 0.2) is 28.7 Å². The number of halogens is 1. The van der Waals surface area contributed by atoms with Crippen molar-refractivity contribution in [3.8, 4) is 0 Å². The fraction of sp³-hybridized carbons (Fsp3) is 0.588. The van der Waals surface area contributed by atoms with Gasteiger partial charge in [-0.3, -0.25) is 4.79 Å². The van der Waals surface area contributed by atoms with E-state index >= 15 is 0 Å². The highest BCUT2D eigenvalue weighted by Gasteiger charge is 2.32. The van der Waals surface area contributed by atoms with Crippen molar-refractivity contribution in [2.24, 2.45) is 17.3 Å². The van der Waals surface area contributed by atoms with Gasteiger partial charge in [0.25, 0.3) is 0 Å². The molecule has 0 radical (unpaired) electrons. The fourth-order valence-electron chi connectivity index (χ4n) is 3.07. The van der Waals surface area contributed by atoms with E-state index in [9.17, 15) is 4.79 Å². The Kier molecular flexibility index (Phi) is 4.50. The minimum atomic E-state index is 0.236. The molecular formula is C17H23BrO. The third kappa shape index (κ3) is 3.68. The van der Waals surface area contributed by atoms with Gasteiger partial charge in [-0.2, -0.15) is 0 Å². The van der Waals surface area contributed by atoms with Gasteiger partial charge in [-0.1, -0.05) is 48.8 Å². The molecule has 1 aliphatic rings. The molecule has 0 aliphatic heterocycles. The second-order valence-corrected chi connectivity index (χ2v) is 7.70. The van der Waals surface area contributed by atoms with Crippen molar-refractivity contribution in [3.63, 3.8) is 0 Å². The summed E-state index contributed by atoms with van der Waals surface area (Å²) in [5.74, 6) is 1.33. The molecule has 104 valence electrons. The van der Waals surface area contributed by atoms with E-state index in [-0.39, 0.29) is 5.92 Å². The summed E-state index contributed by atoms with van der Waals surface area (Å²) in [6.45, 7) is 6.94. The maximum absolute atomic E-state index is 12.5. The maximum Gasteiger partial charge on any atom is 0.165 e. The first-order valence-electron chi connectivity index (χ1n) is 7.17. The summed E-state index contributed by atoms with van der Waals surface area (Å²) < 4.78 is 1.03. The van der Waals surface area contributed by atoms with Crippen LogP contribution in [0.2, 0.25) is 0 Å². The van der Waals surface area contributed by atoms with E-state index in [1.54, 1.807) is 0 Å². The molecule has 2 rings (SSSR count). The summed E-state index contributed by atoms with van der Waals surface area (Å²) in [7, 11) is 0. The first-order chi connectivity index (χ1) is 8.88. The summed E-state index contributed by atoms with van der Waals surface area (Å²) in [5, 5.41) is 0. The standard InChI is InChI=1S/C17H23BrO/c1-17(2,3)14-8-4-12(5-9-14)16(19)13-6-10-15(18)11-7-13/h6-7,10-12,14H,4-5,8-9H2,1-3H3. The maximum atomic E-state index is 12.5. The van der Waals surface area contributed by atoms with Crippen LogP contribution in [0.25, 0.3) is 0 Å². The number of carbonyl (C=O) groups is 1. The highest BCUT2D eigenvalue weighted by atomic mass is 79.9. The van der Waals surface area contributed by atoms with Gasteiger partial charge in [-0.25, -0.2) is 0 Å². The van der Waals surface area contributed by atoms with E-state index in [2.05, 4.69) is 36.7 Å². The number of rotatable bonds is 2. The molecule has 2 heteroatoms. The first-order valence-corrected chi connectivity index (χ1v) is 7.97. The van der Waals surface area contributed by atoms with Gasteiger partial charge >= 0.3 is 0 Å². The van der Waals surface area contributed by atoms with Crippen LogP contribution < -0.4 is 0 Å². The van der Waals surface area contributed by atoms with Crippen LogP contribution in [0, 0.1) is 17.3 Å². The third-order valence-electron chi connectivity index (χ3n) is 4.45. The molecule has 1 aromatic carbocycles. The van der Waals surface area contributed by atoms with Crippen LogP contribution in [0.5, 0.6) is 0 Å². The number of hydrogen-bond donors (Lipinski definition) is 0. The Labute approximate surface area is 124 Å². The minimum Gasteiger partial charge on any atom is -0.294 e. The van der Waals surface area contributed by atoms with Crippen molar-refractivity contribution >= 4 is 21.7 Å². The molecule has 0 saturated heterocycles. The van der Waals surface area contributed by atoms with Gasteiger partial charge < -0.3 is 0 Å². The molecule has 0 N–H and O–H groups in total. The van der Waals surface area contributed by atoms with Crippen molar-refractivity contribution < 1.29 is 4.79 Å². The van der Waals surface area contributed by atoms with Gasteiger partial charge in [0.15, 0.2) is 5.78 Å². The Morgan fingerprint density at radius 1 is 1.05 bits per heavy atom. The van der Waals surface area contributed by atoms with Crippen LogP contribution in [0.3, 0.4) is 0 Å². The largest absolute Gasteiger partial charge is 0.294 e. The van der Waals surface area contributed by atoms with Crippen LogP contribution in [-0.4, -0.2) is 5.78 Å². The van der Waals surface area contributed by atoms with E-state index in [1.165, 1.54) is 12.8 Å². The Hall–Kier alpha value is -0.630. The summed E-state index contributed by atoms with van der Waals surface area (Å²) in [5.41, 5.74) is 1.24. The number of Topliss-reactive ketones (excluding diaryl/α,β-unsaturated/α-hetero) is 1. The fourth-order valence-corrected chi connectivity index (χ4v) is 3.34. The monoisotopic (exact) mass is 322 g/mol. The smallest absolute Gasteiger partial charge is 0.165 e. The predicted molar refractivity (Wildman–Crippen MR) is 83.4 cm³/mol. The molecule has 0 aromatic heterocycles. The molecule has 0 amide bonds. The summed E-state index contributed by atoms with van der Waals surface area (Å²) in [6.07, 6.45) is 4.49. The van der Waals surface area contributed by atoms with E-state index < -0.39 is 0 Å². The molecule has 0 unspecified atom stereocenters. The number of benzene rings is 1. The number of carbonyl (C=O) groups excluding carboxylic acids is 1. The molecule has 1 nitrogen and oxygen atoms in total. The molecule has 1 aromatic rings. The topological polar surface area (TPSA) is 17.1 Å². The van der Waals surface area contributed by atoms with Gasteiger partial charge in [0.05, 0.1) is 0 Å². The second-order valence-electron chi connectivity index (χ2n) is 6.79. The van der Waals surface area contributed by atoms with E-state index in [1.807, 2.05) is 24.3 Å². The Balaban J connectivity index is 1.98. The zero-order valence-corrected chi connectivity index (χ0v) is 13.7. The molecule has 0 heterocycles. The molecular weight excluding hydrogens is 300 g/mol. The average molecular weight is 323 g/mol. The van der Waals surface area contributed by atoms with E-state index in [4.69, 9.17) is 0 Å². The zero-order valence-electron chi connectivity index (χ0n) is 12.1. The molecule has 0 atom stereocenters. The highest BCUT2D eigenvalue weighted by molar-refractivity contribution is 9.10. The molecule has 1 fully saturated rings. The van der Waals surface area contributed by atoms with Gasteiger partial charge in [0.2, 0.25) is 0 Å². The molecule has 0 bridgehead atoms. The molecule has 0 spiro atoms. The van der Waals surface area contributed by atoms with Crippen molar-refractivity contribution in [1.82, 2.24) is 0 Å². The van der Waals surface area contributed by atoms with E-state index in [0.717, 1.165) is 28.8 Å². The Bertz CT molecular complexity index is 433. The number of ketones is 1. The summed E-state index contributed by atoms with van der Waals surface area (Å²) >= 11 is 3.41. The van der Waals surface area contributed by atoms with Gasteiger partial charge in [-0.15, -0.1) is 0 Å². The van der Waals surface area contributed by atoms with Gasteiger partial charge in [0.1, 0.15) is 0 Å². The Morgan fingerprint density at radius 3 is 2.05 bits per heavy atom. The van der Waals surface area contributed by atoms with Crippen LogP contribution in [0.4, 0.5) is 0 Å². The van der Waals surface area contributed by atoms with Gasteiger partial charge in [-0.05, 0) is 49.1 Å². The Morgan fingerprint density at radius 2 is 1.58 bits per heavy atom. The SMILES string of the molecule is CC(C)(C)C1CCC(C(=O)c2ccc(Br)cc2)CC1. The summed E-state index contributed by atoms with van der Waals surface area (Å²) in [6, 6.07) is 7.77. The lowest BCUT2D eigenvalue weighted by Gasteiger charge is -2.36. The normalized spacial score (nSPS) is 24.2. The van der Waals surface area contributed by atoms with Crippen LogP contribution >= 0.6 is 15.9 Å². The minimum absolute atomic E-state index is 0.236. The first kappa shape index (κ1) is 14.8. The van der Waals surface area contributed by atoms with Crippen molar-refractivity contribution in [2.45, 2.75) is 46.5 Å². The molecule has 1 aliphatic carbocycles. The van der Waals surface area contributed by atoms with Crippen molar-refractivity contribution in [1.29, 1.82) is 0 Å². The molecule has 19 heavy (non-hydrogen) atoms. The molecule has 1 saturated carbocycles. The lowest BCUT2D eigenvalue weighted by molar-refractivity contribution is 0.0819. The average Bonchev–Trinajstić information content (AvgIpc) is 2.38. The predicted octanol–water partition coefficient (Wildman–Crippen LogP) is 5.48. The summed E-state index contributed by atoms with van der Waals surface area (Å²) in [4.78, 5) is 12.5. The van der Waals surface area contributed by atoms with E-state index in [0.29, 0.717) is 11.2 Å². The zero-order chi connectivity index (χ0) is 14.0. The number of hydrogen-bond acceptors (Lipinski definition) is 1. The van der Waals surface area contributed by atoms with Crippen LogP contribution in [-0.2, 0) is 0 Å². The lowest BCUT2D eigenvalue weighted by Crippen LogP contribution is -2.28. The lowest BCUT2D eigenvalue weighted by atomic mass is 9.69. The quantitative estimate of drug-likeness (QED) is 0.658. The third-order valence-corrected chi connectivity index (χ3v) is 4.98. The van der Waals surface area contributed by atoms with Crippen LogP contribution in [0.1, 0.15) is 56.8 Å². The van der Waals surface area contributed by atoms with Crippen molar-refractivity contribution in [3.05, 3.63) is 34.3 Å².